The maximum atomic E-state index is 12.6. The highest BCUT2D eigenvalue weighted by molar-refractivity contribution is 6.40. The molecular formula is C23H14Cl5N3O3. The Labute approximate surface area is 220 Å². The first kappa shape index (κ1) is 26.0. The number of ether oxygens (including phenoxy) is 2. The monoisotopic (exact) mass is 555 g/mol. The molecule has 3 aromatic rings. The van der Waals surface area contributed by atoms with Gasteiger partial charge in [0.15, 0.2) is 5.75 Å². The van der Waals surface area contributed by atoms with E-state index in [1.165, 1.54) is 24.3 Å². The lowest BCUT2D eigenvalue weighted by atomic mass is 10.2. The number of amides is 2. The minimum absolute atomic E-state index is 0.0366. The fourth-order valence-electron chi connectivity index (χ4n) is 2.74. The van der Waals surface area contributed by atoms with Crippen molar-refractivity contribution in [1.29, 1.82) is 5.26 Å². The van der Waals surface area contributed by atoms with Crippen LogP contribution in [0, 0.1) is 11.3 Å². The molecule has 0 aromatic heterocycles. The van der Waals surface area contributed by atoms with Crippen LogP contribution in [0.15, 0.2) is 53.5 Å². The van der Waals surface area contributed by atoms with Crippen LogP contribution < -0.4 is 10.1 Å². The van der Waals surface area contributed by atoms with E-state index in [0.29, 0.717) is 16.9 Å². The van der Waals surface area contributed by atoms with Crippen LogP contribution in [0.3, 0.4) is 0 Å². The van der Waals surface area contributed by atoms with E-state index in [1.807, 2.05) is 6.07 Å². The van der Waals surface area contributed by atoms with Gasteiger partial charge in [0.25, 0.3) is 0 Å². The summed E-state index contributed by atoms with van der Waals surface area (Å²) in [5.74, 6) is 0.432. The topological polar surface area (TPSA) is 83.7 Å². The number of hydrogen-bond donors (Lipinski definition) is 1. The van der Waals surface area contributed by atoms with Gasteiger partial charge in [0.1, 0.15) is 11.8 Å². The van der Waals surface area contributed by atoms with Crippen molar-refractivity contribution >= 4 is 75.6 Å². The van der Waals surface area contributed by atoms with Crippen molar-refractivity contribution in [2.75, 3.05) is 11.9 Å². The van der Waals surface area contributed by atoms with Gasteiger partial charge in [0.05, 0.1) is 42.8 Å². The van der Waals surface area contributed by atoms with Gasteiger partial charge in [-0.3, -0.25) is 0 Å². The lowest BCUT2D eigenvalue weighted by Gasteiger charge is -2.13. The predicted molar refractivity (Wildman–Crippen MR) is 136 cm³/mol. The molecule has 174 valence electrons. The Hall–Kier alpha value is -2.66. The third kappa shape index (κ3) is 6.26. The molecule has 0 heterocycles. The Morgan fingerprint density at radius 3 is 2.18 bits per heavy atom. The molecule has 34 heavy (non-hydrogen) atoms. The standard InChI is InChI=1S/C23H14Cl5N3O3/c1-2-33-22(20-15(24)4-3-5-16(20)25)31-23(32)30-13-8-18(27)21(19(28)9-13)34-14-7-6-12(11-29)17(26)10-14/h3-10H,2H2,1H3,(H,30,32)/b31-22-. The van der Waals surface area contributed by atoms with Crippen LogP contribution in [0.1, 0.15) is 18.1 Å². The van der Waals surface area contributed by atoms with E-state index in [1.54, 1.807) is 31.2 Å². The van der Waals surface area contributed by atoms with Gasteiger partial charge < -0.3 is 14.8 Å². The molecule has 6 nitrogen and oxygen atoms in total. The van der Waals surface area contributed by atoms with Gasteiger partial charge in [-0.25, -0.2) is 4.79 Å². The summed E-state index contributed by atoms with van der Waals surface area (Å²) in [6.45, 7) is 1.97. The summed E-state index contributed by atoms with van der Waals surface area (Å²) in [5.41, 5.74) is 0.855. The largest absolute Gasteiger partial charge is 0.477 e. The Bertz CT molecular complexity index is 1280. The zero-order valence-electron chi connectivity index (χ0n) is 17.3. The minimum Gasteiger partial charge on any atom is -0.477 e. The number of anilines is 1. The highest BCUT2D eigenvalue weighted by atomic mass is 35.5. The summed E-state index contributed by atoms with van der Waals surface area (Å²) >= 11 is 31.1. The number of nitriles is 1. The van der Waals surface area contributed by atoms with Crippen molar-refractivity contribution in [1.82, 2.24) is 0 Å². The van der Waals surface area contributed by atoms with Crippen molar-refractivity contribution in [3.63, 3.8) is 0 Å². The average Bonchev–Trinajstić information content (AvgIpc) is 2.76. The molecule has 0 atom stereocenters. The van der Waals surface area contributed by atoms with Crippen LogP contribution in [-0.2, 0) is 4.74 Å². The van der Waals surface area contributed by atoms with Gasteiger partial charge in [0, 0.05) is 11.8 Å². The molecule has 3 rings (SSSR count). The first-order chi connectivity index (χ1) is 16.2. The molecule has 0 aliphatic heterocycles. The molecule has 0 unspecified atom stereocenters. The normalized spacial score (nSPS) is 11.0. The molecule has 1 N–H and O–H groups in total. The van der Waals surface area contributed by atoms with E-state index in [-0.39, 0.29) is 49.1 Å². The number of carbonyl (C=O) groups excluding carboxylic acids is 1. The van der Waals surface area contributed by atoms with Crippen LogP contribution in [0.25, 0.3) is 0 Å². The zero-order chi connectivity index (χ0) is 24.8. The molecule has 0 saturated carbocycles. The number of rotatable bonds is 5. The molecule has 3 aromatic carbocycles. The van der Waals surface area contributed by atoms with E-state index in [4.69, 9.17) is 72.7 Å². The molecule has 11 heteroatoms. The third-order valence-electron chi connectivity index (χ3n) is 4.19. The SMILES string of the molecule is CCO/C(=N\C(=O)Nc1cc(Cl)c(Oc2ccc(C#N)c(Cl)c2)c(Cl)c1)c1c(Cl)cccc1Cl. The fraction of sp³-hybridized carbons (Fsp3) is 0.0870. The van der Waals surface area contributed by atoms with Gasteiger partial charge in [-0.05, 0) is 43.3 Å². The van der Waals surface area contributed by atoms with Gasteiger partial charge >= 0.3 is 6.03 Å². The van der Waals surface area contributed by atoms with Crippen LogP contribution in [0.4, 0.5) is 10.5 Å². The van der Waals surface area contributed by atoms with E-state index in [2.05, 4.69) is 10.3 Å². The first-order valence-corrected chi connectivity index (χ1v) is 11.5. The quantitative estimate of drug-likeness (QED) is 0.251. The lowest BCUT2D eigenvalue weighted by Crippen LogP contribution is -2.15. The molecule has 0 saturated heterocycles. The van der Waals surface area contributed by atoms with Crippen molar-refractivity contribution in [3.05, 3.63) is 84.8 Å². The number of hydrogen-bond acceptors (Lipinski definition) is 4. The van der Waals surface area contributed by atoms with Gasteiger partial charge in [-0.1, -0.05) is 64.1 Å². The van der Waals surface area contributed by atoms with Crippen LogP contribution in [0.5, 0.6) is 11.5 Å². The van der Waals surface area contributed by atoms with Gasteiger partial charge in [-0.2, -0.15) is 10.3 Å². The molecule has 0 fully saturated rings. The summed E-state index contributed by atoms with van der Waals surface area (Å²) in [7, 11) is 0. The van der Waals surface area contributed by atoms with E-state index >= 15 is 0 Å². The van der Waals surface area contributed by atoms with Crippen LogP contribution in [0.2, 0.25) is 25.1 Å². The Morgan fingerprint density at radius 1 is 0.971 bits per heavy atom. The molecule has 2 amide bonds. The summed E-state index contributed by atoms with van der Waals surface area (Å²) in [4.78, 5) is 16.5. The third-order valence-corrected chi connectivity index (χ3v) is 5.70. The summed E-state index contributed by atoms with van der Waals surface area (Å²) in [6.07, 6.45) is 0. The molecule has 0 aliphatic carbocycles. The van der Waals surface area contributed by atoms with Crippen molar-refractivity contribution < 1.29 is 14.3 Å². The molecular weight excluding hydrogens is 544 g/mol. The number of nitrogens with one attached hydrogen (secondary N) is 1. The molecule has 0 bridgehead atoms. The Kier molecular flexibility index (Phi) is 8.90. The Morgan fingerprint density at radius 2 is 1.62 bits per heavy atom. The number of benzene rings is 3. The minimum atomic E-state index is -0.765. The summed E-state index contributed by atoms with van der Waals surface area (Å²) in [5, 5.41) is 12.6. The Balaban J connectivity index is 1.83. The second-order valence-electron chi connectivity index (χ2n) is 6.50. The molecule has 0 spiro atoms. The lowest BCUT2D eigenvalue weighted by molar-refractivity contribution is 0.258. The second-order valence-corrected chi connectivity index (χ2v) is 8.54. The number of nitrogens with zero attached hydrogens (tertiary/aromatic N) is 2. The average molecular weight is 558 g/mol. The molecule has 0 aliphatic rings. The highest BCUT2D eigenvalue weighted by Crippen LogP contribution is 2.39. The van der Waals surface area contributed by atoms with E-state index in [9.17, 15) is 4.79 Å². The maximum absolute atomic E-state index is 12.6. The summed E-state index contributed by atoms with van der Waals surface area (Å²) < 4.78 is 11.2. The smallest absolute Gasteiger partial charge is 0.348 e. The molecule has 0 radical (unpaired) electrons. The van der Waals surface area contributed by atoms with Gasteiger partial charge in [-0.15, -0.1) is 0 Å². The van der Waals surface area contributed by atoms with Crippen molar-refractivity contribution in [3.8, 4) is 17.6 Å². The van der Waals surface area contributed by atoms with Crippen molar-refractivity contribution in [2.24, 2.45) is 4.99 Å². The summed E-state index contributed by atoms with van der Waals surface area (Å²) in [6, 6.07) is 13.5. The highest BCUT2D eigenvalue weighted by Gasteiger charge is 2.17. The fourth-order valence-corrected chi connectivity index (χ4v) is 4.08. The van der Waals surface area contributed by atoms with E-state index < -0.39 is 6.03 Å². The predicted octanol–water partition coefficient (Wildman–Crippen LogP) is 8.63. The van der Waals surface area contributed by atoms with Crippen molar-refractivity contribution in [2.45, 2.75) is 6.92 Å². The number of aliphatic imine (C=N–C) groups is 1. The van der Waals surface area contributed by atoms with Crippen LogP contribution >= 0.6 is 58.0 Å². The second kappa shape index (κ2) is 11.7. The number of urea groups is 1. The van der Waals surface area contributed by atoms with Crippen LogP contribution in [-0.4, -0.2) is 18.5 Å². The number of halogens is 5. The zero-order valence-corrected chi connectivity index (χ0v) is 21.1. The number of carbonyl (C=O) groups is 1. The maximum Gasteiger partial charge on any atom is 0.348 e. The first-order valence-electron chi connectivity index (χ1n) is 9.56. The van der Waals surface area contributed by atoms with Gasteiger partial charge in [0.2, 0.25) is 5.90 Å². The van der Waals surface area contributed by atoms with E-state index in [0.717, 1.165) is 0 Å².